The van der Waals surface area contributed by atoms with Crippen LogP contribution in [0.1, 0.15) is 16.8 Å². The molecule has 202 valence electrons. The largest absolute Gasteiger partial charge is 0.485 e. The molecule has 0 fully saturated rings. The molecular weight excluding hydrogens is 529 g/mol. The lowest BCUT2D eigenvalue weighted by atomic mass is 10.1. The Hall–Kier alpha value is -5.26. The van der Waals surface area contributed by atoms with Crippen molar-refractivity contribution in [1.29, 1.82) is 0 Å². The van der Waals surface area contributed by atoms with E-state index in [4.69, 9.17) is 14.0 Å². The standard InChI is InChI=1S/C28H19F3N4O5/c29-28(30,31)25-21(12-7-13-32-25)27-33-26(34-40-27)20-14-22(35(36)37)24(39-17-19-10-5-2-6-11-19)23(15-20)38-16-18-8-3-1-4-9-18/h1-15H,16-17H2. The van der Waals surface area contributed by atoms with E-state index in [0.29, 0.717) is 0 Å². The number of halogens is 3. The van der Waals surface area contributed by atoms with Gasteiger partial charge in [0.1, 0.15) is 13.2 Å². The van der Waals surface area contributed by atoms with Crippen LogP contribution in [-0.4, -0.2) is 20.0 Å². The summed E-state index contributed by atoms with van der Waals surface area (Å²) in [6.45, 7) is 0.0849. The molecule has 9 nitrogen and oxygen atoms in total. The topological polar surface area (TPSA) is 113 Å². The van der Waals surface area contributed by atoms with Gasteiger partial charge >= 0.3 is 11.9 Å². The molecule has 0 aliphatic rings. The molecule has 40 heavy (non-hydrogen) atoms. The molecule has 12 heteroatoms. The molecule has 5 aromatic rings. The van der Waals surface area contributed by atoms with Gasteiger partial charge in [-0.1, -0.05) is 65.8 Å². The number of rotatable bonds is 9. The maximum atomic E-state index is 13.5. The number of ether oxygens (including phenoxy) is 2. The molecule has 0 saturated carbocycles. The Morgan fingerprint density at radius 1 is 0.875 bits per heavy atom. The second-order valence-corrected chi connectivity index (χ2v) is 8.45. The quantitative estimate of drug-likeness (QED) is 0.145. The van der Waals surface area contributed by atoms with E-state index in [1.54, 1.807) is 12.1 Å². The molecule has 2 aromatic heterocycles. The first kappa shape index (κ1) is 26.4. The van der Waals surface area contributed by atoms with E-state index in [1.165, 1.54) is 12.1 Å². The normalized spacial score (nSPS) is 11.3. The van der Waals surface area contributed by atoms with Gasteiger partial charge in [-0.25, -0.2) is 0 Å². The highest BCUT2D eigenvalue weighted by molar-refractivity contribution is 5.70. The van der Waals surface area contributed by atoms with Gasteiger partial charge in [0.25, 0.3) is 5.89 Å². The molecule has 0 aliphatic heterocycles. The van der Waals surface area contributed by atoms with Crippen LogP contribution in [0.3, 0.4) is 0 Å². The lowest BCUT2D eigenvalue weighted by Crippen LogP contribution is -2.09. The Kier molecular flexibility index (Phi) is 7.40. The highest BCUT2D eigenvalue weighted by Crippen LogP contribution is 2.42. The minimum absolute atomic E-state index is 0.0210. The highest BCUT2D eigenvalue weighted by atomic mass is 19.4. The van der Waals surface area contributed by atoms with Gasteiger partial charge in [0.2, 0.25) is 11.6 Å². The van der Waals surface area contributed by atoms with E-state index in [0.717, 1.165) is 29.5 Å². The van der Waals surface area contributed by atoms with Gasteiger partial charge in [-0.15, -0.1) is 0 Å². The van der Waals surface area contributed by atoms with Gasteiger partial charge < -0.3 is 14.0 Å². The zero-order valence-electron chi connectivity index (χ0n) is 20.5. The molecule has 0 aliphatic carbocycles. The van der Waals surface area contributed by atoms with Crippen molar-refractivity contribution in [2.45, 2.75) is 19.4 Å². The van der Waals surface area contributed by atoms with Gasteiger partial charge in [-0.2, -0.15) is 18.2 Å². The van der Waals surface area contributed by atoms with Crippen molar-refractivity contribution in [2.24, 2.45) is 0 Å². The van der Waals surface area contributed by atoms with E-state index in [1.807, 2.05) is 48.5 Å². The van der Waals surface area contributed by atoms with Crippen molar-refractivity contribution in [2.75, 3.05) is 0 Å². The Balaban J connectivity index is 1.55. The zero-order chi connectivity index (χ0) is 28.1. The molecular formula is C28H19F3N4O5. The first-order valence-corrected chi connectivity index (χ1v) is 11.8. The number of nitro benzene ring substituents is 1. The van der Waals surface area contributed by atoms with E-state index in [2.05, 4.69) is 15.1 Å². The predicted molar refractivity (Wildman–Crippen MR) is 136 cm³/mol. The van der Waals surface area contributed by atoms with E-state index < -0.39 is 33.9 Å². The van der Waals surface area contributed by atoms with Crippen LogP contribution in [0.4, 0.5) is 18.9 Å². The molecule has 0 N–H and O–H groups in total. The Bertz CT molecular complexity index is 1630. The molecule has 2 heterocycles. The number of benzene rings is 3. The molecule has 0 spiro atoms. The molecule has 0 bridgehead atoms. The number of alkyl halides is 3. The average Bonchev–Trinajstić information content (AvgIpc) is 3.46. The fourth-order valence-corrected chi connectivity index (χ4v) is 3.82. The lowest BCUT2D eigenvalue weighted by Gasteiger charge is -2.14. The molecule has 0 radical (unpaired) electrons. The van der Waals surface area contributed by atoms with E-state index >= 15 is 0 Å². The summed E-state index contributed by atoms with van der Waals surface area (Å²) in [5, 5.41) is 15.9. The third kappa shape index (κ3) is 5.90. The Labute approximate surface area is 225 Å². The molecule has 0 atom stereocenters. The Morgan fingerprint density at radius 3 is 2.15 bits per heavy atom. The third-order valence-corrected chi connectivity index (χ3v) is 5.69. The number of hydrogen-bond donors (Lipinski definition) is 0. The first-order valence-electron chi connectivity index (χ1n) is 11.8. The fraction of sp³-hybridized carbons (Fsp3) is 0.107. The lowest BCUT2D eigenvalue weighted by molar-refractivity contribution is -0.386. The van der Waals surface area contributed by atoms with Crippen LogP contribution in [0.5, 0.6) is 11.5 Å². The molecule has 5 rings (SSSR count). The monoisotopic (exact) mass is 548 g/mol. The number of pyridine rings is 1. The summed E-state index contributed by atoms with van der Waals surface area (Å²) < 4.78 is 57.3. The maximum Gasteiger partial charge on any atom is 0.434 e. The van der Waals surface area contributed by atoms with Gasteiger partial charge in [-0.3, -0.25) is 15.1 Å². The average molecular weight is 548 g/mol. The van der Waals surface area contributed by atoms with Crippen LogP contribution < -0.4 is 9.47 Å². The van der Waals surface area contributed by atoms with Crippen molar-refractivity contribution in [3.63, 3.8) is 0 Å². The third-order valence-electron chi connectivity index (χ3n) is 5.69. The van der Waals surface area contributed by atoms with Crippen molar-refractivity contribution in [1.82, 2.24) is 15.1 Å². The summed E-state index contributed by atoms with van der Waals surface area (Å²) >= 11 is 0. The van der Waals surface area contributed by atoms with E-state index in [-0.39, 0.29) is 36.1 Å². The van der Waals surface area contributed by atoms with Crippen molar-refractivity contribution >= 4 is 5.69 Å². The minimum Gasteiger partial charge on any atom is -0.485 e. The van der Waals surface area contributed by atoms with Crippen LogP contribution >= 0.6 is 0 Å². The smallest absolute Gasteiger partial charge is 0.434 e. The van der Waals surface area contributed by atoms with Crippen molar-refractivity contribution in [3.8, 4) is 34.3 Å². The molecule has 0 unspecified atom stereocenters. The summed E-state index contributed by atoms with van der Waals surface area (Å²) in [4.78, 5) is 18.9. The first-order chi connectivity index (χ1) is 19.3. The van der Waals surface area contributed by atoms with Gasteiger partial charge in [0, 0.05) is 17.8 Å². The SMILES string of the molecule is O=[N+]([O-])c1cc(-c2noc(-c3cccnc3C(F)(F)F)n2)cc(OCc2ccccc2)c1OCc1ccccc1. The summed E-state index contributed by atoms with van der Waals surface area (Å²) in [7, 11) is 0. The minimum atomic E-state index is -4.76. The van der Waals surface area contributed by atoms with Gasteiger partial charge in [0.15, 0.2) is 11.4 Å². The number of nitro groups is 1. The van der Waals surface area contributed by atoms with Gasteiger partial charge in [-0.05, 0) is 29.3 Å². The molecule has 0 amide bonds. The predicted octanol–water partition coefficient (Wildman–Crippen LogP) is 6.88. The van der Waals surface area contributed by atoms with Crippen LogP contribution in [0.25, 0.3) is 22.8 Å². The summed E-state index contributed by atoms with van der Waals surface area (Å²) in [5.74, 6) is -0.736. The highest BCUT2D eigenvalue weighted by Gasteiger charge is 2.37. The molecule has 3 aromatic carbocycles. The van der Waals surface area contributed by atoms with Crippen molar-refractivity contribution < 1.29 is 32.1 Å². The van der Waals surface area contributed by atoms with Crippen LogP contribution in [0.15, 0.2) is 95.6 Å². The van der Waals surface area contributed by atoms with Gasteiger partial charge in [0.05, 0.1) is 10.5 Å². The summed E-state index contributed by atoms with van der Waals surface area (Å²) in [6, 6.07) is 23.2. The second kappa shape index (κ2) is 11.2. The summed E-state index contributed by atoms with van der Waals surface area (Å²) in [5.41, 5.74) is -0.425. The van der Waals surface area contributed by atoms with Crippen LogP contribution in [-0.2, 0) is 19.4 Å². The van der Waals surface area contributed by atoms with Crippen molar-refractivity contribution in [3.05, 3.63) is 118 Å². The number of aromatic nitrogens is 3. The fourth-order valence-electron chi connectivity index (χ4n) is 3.82. The number of nitrogens with zero attached hydrogens (tertiary/aromatic N) is 4. The summed E-state index contributed by atoms with van der Waals surface area (Å²) in [6.07, 6.45) is -3.77. The van der Waals surface area contributed by atoms with Crippen LogP contribution in [0.2, 0.25) is 0 Å². The Morgan fingerprint density at radius 2 is 1.52 bits per heavy atom. The molecule has 0 saturated heterocycles. The van der Waals surface area contributed by atoms with Crippen LogP contribution in [0, 0.1) is 10.1 Å². The zero-order valence-corrected chi connectivity index (χ0v) is 20.5. The number of hydrogen-bond acceptors (Lipinski definition) is 8. The van der Waals surface area contributed by atoms with E-state index in [9.17, 15) is 23.3 Å². The maximum absolute atomic E-state index is 13.5. The second-order valence-electron chi connectivity index (χ2n) is 8.45.